The standard InChI is InChI=1S/C12H21NO4/c1-2-3-4-11(14)13-7-5-10(6-8-13)17-9-12(15)16/h10H,2-9H2,1H3,(H,15,16). The Morgan fingerprint density at radius 1 is 1.35 bits per heavy atom. The number of carboxylic acid groups (broad SMARTS) is 1. The molecule has 0 atom stereocenters. The Balaban J connectivity index is 2.20. The van der Waals surface area contributed by atoms with Crippen LogP contribution in [0.5, 0.6) is 0 Å². The van der Waals surface area contributed by atoms with Crippen molar-refractivity contribution in [2.45, 2.75) is 45.1 Å². The Bertz CT molecular complexity index is 259. The van der Waals surface area contributed by atoms with E-state index in [2.05, 4.69) is 6.92 Å². The second kappa shape index (κ2) is 7.27. The maximum atomic E-state index is 11.7. The summed E-state index contributed by atoms with van der Waals surface area (Å²) in [4.78, 5) is 23.9. The van der Waals surface area contributed by atoms with Crippen LogP contribution in [0.15, 0.2) is 0 Å². The van der Waals surface area contributed by atoms with Gasteiger partial charge in [0.25, 0.3) is 0 Å². The van der Waals surface area contributed by atoms with E-state index < -0.39 is 5.97 Å². The van der Waals surface area contributed by atoms with Crippen molar-refractivity contribution in [1.29, 1.82) is 0 Å². The van der Waals surface area contributed by atoms with Crippen LogP contribution in [0.1, 0.15) is 39.0 Å². The van der Waals surface area contributed by atoms with Gasteiger partial charge in [0.2, 0.25) is 5.91 Å². The molecular formula is C12H21NO4. The fourth-order valence-electron chi connectivity index (χ4n) is 1.95. The maximum absolute atomic E-state index is 11.7. The van der Waals surface area contributed by atoms with Crippen molar-refractivity contribution in [3.05, 3.63) is 0 Å². The van der Waals surface area contributed by atoms with Crippen LogP contribution in [0, 0.1) is 0 Å². The van der Waals surface area contributed by atoms with Gasteiger partial charge in [0.15, 0.2) is 0 Å². The highest BCUT2D eigenvalue weighted by Crippen LogP contribution is 2.15. The zero-order valence-electron chi connectivity index (χ0n) is 10.4. The number of amides is 1. The van der Waals surface area contributed by atoms with Gasteiger partial charge in [-0.1, -0.05) is 13.3 Å². The summed E-state index contributed by atoms with van der Waals surface area (Å²) < 4.78 is 5.22. The lowest BCUT2D eigenvalue weighted by molar-refractivity contribution is -0.146. The first-order valence-corrected chi connectivity index (χ1v) is 6.24. The number of carboxylic acids is 1. The lowest BCUT2D eigenvalue weighted by Gasteiger charge is -2.31. The third kappa shape index (κ3) is 5.17. The van der Waals surface area contributed by atoms with E-state index in [1.165, 1.54) is 0 Å². The van der Waals surface area contributed by atoms with Crippen molar-refractivity contribution >= 4 is 11.9 Å². The van der Waals surface area contributed by atoms with E-state index in [-0.39, 0.29) is 18.6 Å². The molecule has 1 saturated heterocycles. The molecule has 0 radical (unpaired) electrons. The van der Waals surface area contributed by atoms with Crippen molar-refractivity contribution < 1.29 is 19.4 Å². The Labute approximate surface area is 102 Å². The molecule has 1 aliphatic rings. The first-order chi connectivity index (χ1) is 8.13. The van der Waals surface area contributed by atoms with Crippen molar-refractivity contribution in [1.82, 2.24) is 4.90 Å². The average Bonchev–Trinajstić information content (AvgIpc) is 2.34. The fraction of sp³-hybridized carbons (Fsp3) is 0.833. The Hall–Kier alpha value is -1.10. The highest BCUT2D eigenvalue weighted by Gasteiger charge is 2.23. The summed E-state index contributed by atoms with van der Waals surface area (Å²) in [5, 5.41) is 8.49. The largest absolute Gasteiger partial charge is 0.480 e. The van der Waals surface area contributed by atoms with Gasteiger partial charge < -0.3 is 14.7 Å². The number of hydrogen-bond donors (Lipinski definition) is 1. The first kappa shape index (κ1) is 14.0. The Kier molecular flexibility index (Phi) is 5.97. The molecule has 0 saturated carbocycles. The fourth-order valence-corrected chi connectivity index (χ4v) is 1.95. The molecule has 0 aromatic heterocycles. The molecule has 1 aliphatic heterocycles. The number of nitrogens with zero attached hydrogens (tertiary/aromatic N) is 1. The number of carbonyl (C=O) groups is 2. The van der Waals surface area contributed by atoms with Crippen molar-refractivity contribution in [3.63, 3.8) is 0 Å². The monoisotopic (exact) mass is 243 g/mol. The minimum Gasteiger partial charge on any atom is -0.480 e. The van der Waals surface area contributed by atoms with Crippen molar-refractivity contribution in [2.75, 3.05) is 19.7 Å². The molecule has 0 unspecified atom stereocenters. The maximum Gasteiger partial charge on any atom is 0.329 e. The summed E-state index contributed by atoms with van der Waals surface area (Å²) in [6, 6.07) is 0. The second-order valence-corrected chi connectivity index (χ2v) is 4.39. The third-order valence-corrected chi connectivity index (χ3v) is 2.98. The summed E-state index contributed by atoms with van der Waals surface area (Å²) in [7, 11) is 0. The van der Waals surface area contributed by atoms with Gasteiger partial charge in [-0.3, -0.25) is 4.79 Å². The van der Waals surface area contributed by atoms with Crippen LogP contribution in [-0.2, 0) is 14.3 Å². The number of aliphatic carboxylic acids is 1. The third-order valence-electron chi connectivity index (χ3n) is 2.98. The van der Waals surface area contributed by atoms with Gasteiger partial charge in [0.05, 0.1) is 6.10 Å². The van der Waals surface area contributed by atoms with Crippen LogP contribution in [0.2, 0.25) is 0 Å². The van der Waals surface area contributed by atoms with E-state index in [4.69, 9.17) is 9.84 Å². The molecule has 1 fully saturated rings. The summed E-state index contributed by atoms with van der Waals surface area (Å²) in [6.45, 7) is 3.20. The Morgan fingerprint density at radius 3 is 2.53 bits per heavy atom. The smallest absolute Gasteiger partial charge is 0.329 e. The summed E-state index contributed by atoms with van der Waals surface area (Å²) >= 11 is 0. The highest BCUT2D eigenvalue weighted by molar-refractivity contribution is 5.76. The number of likely N-dealkylation sites (tertiary alicyclic amines) is 1. The average molecular weight is 243 g/mol. The zero-order chi connectivity index (χ0) is 12.7. The molecule has 0 bridgehead atoms. The van der Waals surface area contributed by atoms with Crippen LogP contribution in [0.3, 0.4) is 0 Å². The number of ether oxygens (including phenoxy) is 1. The molecular weight excluding hydrogens is 222 g/mol. The van der Waals surface area contributed by atoms with E-state index >= 15 is 0 Å². The molecule has 0 aromatic carbocycles. The number of hydrogen-bond acceptors (Lipinski definition) is 3. The van der Waals surface area contributed by atoms with Crippen LogP contribution >= 0.6 is 0 Å². The normalized spacial score (nSPS) is 17.1. The van der Waals surface area contributed by atoms with E-state index in [9.17, 15) is 9.59 Å². The zero-order valence-corrected chi connectivity index (χ0v) is 10.4. The number of piperidine rings is 1. The van der Waals surface area contributed by atoms with Gasteiger partial charge in [-0.2, -0.15) is 0 Å². The van der Waals surface area contributed by atoms with Crippen molar-refractivity contribution in [2.24, 2.45) is 0 Å². The minimum absolute atomic E-state index is 0.0127. The molecule has 1 amide bonds. The molecule has 98 valence electrons. The van der Waals surface area contributed by atoms with Crippen LogP contribution in [-0.4, -0.2) is 47.7 Å². The molecule has 1 N–H and O–H groups in total. The molecule has 0 spiro atoms. The summed E-state index contributed by atoms with van der Waals surface area (Å²) in [5.41, 5.74) is 0. The van der Waals surface area contributed by atoms with Gasteiger partial charge in [0.1, 0.15) is 6.61 Å². The topological polar surface area (TPSA) is 66.8 Å². The Morgan fingerprint density at radius 2 is 2.00 bits per heavy atom. The lowest BCUT2D eigenvalue weighted by Crippen LogP contribution is -2.41. The first-order valence-electron chi connectivity index (χ1n) is 6.24. The van der Waals surface area contributed by atoms with Gasteiger partial charge in [-0.05, 0) is 19.3 Å². The molecule has 0 aromatic rings. The van der Waals surface area contributed by atoms with E-state index in [0.717, 1.165) is 25.7 Å². The molecule has 0 aliphatic carbocycles. The minimum atomic E-state index is -0.938. The van der Waals surface area contributed by atoms with E-state index in [1.54, 1.807) is 0 Å². The van der Waals surface area contributed by atoms with Gasteiger partial charge in [-0.15, -0.1) is 0 Å². The number of rotatable bonds is 6. The van der Waals surface area contributed by atoms with Gasteiger partial charge in [-0.25, -0.2) is 4.79 Å². The summed E-state index contributed by atoms with van der Waals surface area (Å²) in [5.74, 6) is -0.727. The molecule has 5 heteroatoms. The van der Waals surface area contributed by atoms with Crippen LogP contribution < -0.4 is 0 Å². The van der Waals surface area contributed by atoms with Gasteiger partial charge in [0, 0.05) is 19.5 Å². The number of carbonyl (C=O) groups excluding carboxylic acids is 1. The highest BCUT2D eigenvalue weighted by atomic mass is 16.5. The molecule has 17 heavy (non-hydrogen) atoms. The molecule has 1 heterocycles. The molecule has 5 nitrogen and oxygen atoms in total. The number of unbranched alkanes of at least 4 members (excludes halogenated alkanes) is 1. The predicted molar refractivity (Wildman–Crippen MR) is 62.7 cm³/mol. The van der Waals surface area contributed by atoms with Crippen molar-refractivity contribution in [3.8, 4) is 0 Å². The van der Waals surface area contributed by atoms with E-state index in [0.29, 0.717) is 19.5 Å². The quantitative estimate of drug-likeness (QED) is 0.763. The van der Waals surface area contributed by atoms with E-state index in [1.807, 2.05) is 4.90 Å². The second-order valence-electron chi connectivity index (χ2n) is 4.39. The molecule has 1 rings (SSSR count). The van der Waals surface area contributed by atoms with Gasteiger partial charge >= 0.3 is 5.97 Å². The predicted octanol–water partition coefficient (Wildman–Crippen LogP) is 1.27. The SMILES string of the molecule is CCCCC(=O)N1CCC(OCC(=O)O)CC1. The summed E-state index contributed by atoms with van der Waals surface area (Å²) in [6.07, 6.45) is 4.06. The lowest BCUT2D eigenvalue weighted by atomic mass is 10.1. The van der Waals surface area contributed by atoms with Crippen LogP contribution in [0.25, 0.3) is 0 Å². The van der Waals surface area contributed by atoms with Crippen LogP contribution in [0.4, 0.5) is 0 Å².